The van der Waals surface area contributed by atoms with Crippen molar-refractivity contribution in [3.63, 3.8) is 0 Å². The monoisotopic (exact) mass is 302 g/mol. The molecule has 1 unspecified atom stereocenters. The van der Waals surface area contributed by atoms with Gasteiger partial charge in [0.15, 0.2) is 5.16 Å². The lowest BCUT2D eigenvalue weighted by Crippen LogP contribution is -2.49. The summed E-state index contributed by atoms with van der Waals surface area (Å²) in [7, 11) is 0. The van der Waals surface area contributed by atoms with E-state index < -0.39 is 11.5 Å². The van der Waals surface area contributed by atoms with Gasteiger partial charge < -0.3 is 10.4 Å². The highest BCUT2D eigenvalue weighted by atomic mass is 32.2. The molecule has 7 nitrogen and oxygen atoms in total. The summed E-state index contributed by atoms with van der Waals surface area (Å²) in [6.07, 6.45) is 0.444. The van der Waals surface area contributed by atoms with E-state index in [1.807, 2.05) is 20.8 Å². The molecule has 0 radical (unpaired) electrons. The average Bonchev–Trinajstić information content (AvgIpc) is 2.70. The maximum atomic E-state index is 11.6. The van der Waals surface area contributed by atoms with Crippen LogP contribution in [0.2, 0.25) is 0 Å². The van der Waals surface area contributed by atoms with Crippen molar-refractivity contribution >= 4 is 17.7 Å². The van der Waals surface area contributed by atoms with E-state index in [-0.39, 0.29) is 11.7 Å². The quantitative estimate of drug-likeness (QED) is 0.622. The van der Waals surface area contributed by atoms with Gasteiger partial charge in [0.25, 0.3) is 0 Å². The molecule has 0 saturated carbocycles. The number of hydrogen-bond acceptors (Lipinski definition) is 5. The highest BCUT2D eigenvalue weighted by Gasteiger charge is 2.31. The molecule has 0 aromatic carbocycles. The molecular weight excluding hydrogens is 280 g/mol. The van der Waals surface area contributed by atoms with E-state index in [0.717, 1.165) is 0 Å². The van der Waals surface area contributed by atoms with E-state index in [2.05, 4.69) is 15.5 Å². The van der Waals surface area contributed by atoms with Crippen LogP contribution in [-0.4, -0.2) is 43.7 Å². The van der Waals surface area contributed by atoms with Crippen molar-refractivity contribution < 1.29 is 9.90 Å². The molecule has 1 rings (SSSR count). The molecule has 114 valence electrons. The molecule has 0 amide bonds. The minimum Gasteiger partial charge on any atom is -0.480 e. The zero-order valence-electron chi connectivity index (χ0n) is 12.3. The molecule has 20 heavy (non-hydrogen) atoms. The molecular formula is C12H22N4O3S. The van der Waals surface area contributed by atoms with Gasteiger partial charge >= 0.3 is 11.7 Å². The van der Waals surface area contributed by atoms with E-state index in [1.54, 1.807) is 11.5 Å². The van der Waals surface area contributed by atoms with E-state index in [9.17, 15) is 14.7 Å². The van der Waals surface area contributed by atoms with Gasteiger partial charge in [-0.05, 0) is 33.7 Å². The standard InChI is InChI=1S/C12H22N4O3S/c1-5-13-12(4,9(17)18)6-7-20-11-15-14-10(19)16(11)8(2)3/h8,13H,5-7H2,1-4H3,(H,14,19)(H,17,18). The Morgan fingerprint density at radius 2 is 2.25 bits per heavy atom. The molecule has 8 heteroatoms. The van der Waals surface area contributed by atoms with Crippen LogP contribution in [0, 0.1) is 0 Å². The number of aromatic nitrogens is 3. The summed E-state index contributed by atoms with van der Waals surface area (Å²) in [4.78, 5) is 22.9. The predicted molar refractivity (Wildman–Crippen MR) is 78.3 cm³/mol. The largest absolute Gasteiger partial charge is 0.480 e. The summed E-state index contributed by atoms with van der Waals surface area (Å²) >= 11 is 1.38. The Morgan fingerprint density at radius 1 is 1.60 bits per heavy atom. The van der Waals surface area contributed by atoms with Gasteiger partial charge in [0.1, 0.15) is 5.54 Å². The number of aromatic amines is 1. The molecule has 1 aromatic rings. The number of carbonyl (C=O) groups is 1. The summed E-state index contributed by atoms with van der Waals surface area (Å²) in [5, 5.41) is 19.2. The molecule has 0 spiro atoms. The Labute approximate surface area is 122 Å². The predicted octanol–water partition coefficient (Wildman–Crippen LogP) is 1.09. The van der Waals surface area contributed by atoms with Crippen LogP contribution >= 0.6 is 11.8 Å². The Hall–Kier alpha value is -1.28. The van der Waals surface area contributed by atoms with Crippen molar-refractivity contribution in [3.8, 4) is 0 Å². The normalized spacial score (nSPS) is 14.4. The highest BCUT2D eigenvalue weighted by Crippen LogP contribution is 2.21. The van der Waals surface area contributed by atoms with Crippen molar-refractivity contribution in [1.29, 1.82) is 0 Å². The van der Waals surface area contributed by atoms with Crippen LogP contribution in [0.4, 0.5) is 0 Å². The number of thioether (sulfide) groups is 1. The van der Waals surface area contributed by atoms with Gasteiger partial charge in [-0.25, -0.2) is 9.89 Å². The van der Waals surface area contributed by atoms with Crippen molar-refractivity contribution in [2.75, 3.05) is 12.3 Å². The number of rotatable bonds is 8. The lowest BCUT2D eigenvalue weighted by Gasteiger charge is -2.25. The van der Waals surface area contributed by atoms with Crippen molar-refractivity contribution in [2.45, 2.75) is 50.9 Å². The molecule has 3 N–H and O–H groups in total. The third kappa shape index (κ3) is 3.86. The summed E-state index contributed by atoms with van der Waals surface area (Å²) in [5.74, 6) is -0.310. The van der Waals surface area contributed by atoms with Crippen LogP contribution in [0.3, 0.4) is 0 Å². The first kappa shape index (κ1) is 16.8. The topological polar surface area (TPSA) is 100 Å². The van der Waals surface area contributed by atoms with Crippen LogP contribution in [0.5, 0.6) is 0 Å². The molecule has 0 fully saturated rings. The number of carboxylic acids is 1. The van der Waals surface area contributed by atoms with Gasteiger partial charge in [0.05, 0.1) is 0 Å². The van der Waals surface area contributed by atoms with Crippen LogP contribution in [0.25, 0.3) is 0 Å². The zero-order chi connectivity index (χ0) is 15.3. The maximum absolute atomic E-state index is 11.6. The molecule has 1 atom stereocenters. The van der Waals surface area contributed by atoms with Crippen LogP contribution in [0.1, 0.15) is 40.2 Å². The van der Waals surface area contributed by atoms with Crippen molar-refractivity contribution in [3.05, 3.63) is 10.5 Å². The number of nitrogens with one attached hydrogen (secondary N) is 2. The second-order valence-electron chi connectivity index (χ2n) is 5.04. The fourth-order valence-electron chi connectivity index (χ4n) is 1.85. The average molecular weight is 302 g/mol. The summed E-state index contributed by atoms with van der Waals surface area (Å²) in [6, 6.07) is 0.0170. The third-order valence-electron chi connectivity index (χ3n) is 3.06. The van der Waals surface area contributed by atoms with E-state index >= 15 is 0 Å². The Bertz CT molecular complexity index is 511. The van der Waals surface area contributed by atoms with Gasteiger partial charge in [-0.1, -0.05) is 18.7 Å². The fraction of sp³-hybridized carbons (Fsp3) is 0.750. The van der Waals surface area contributed by atoms with Gasteiger partial charge in [-0.15, -0.1) is 5.10 Å². The number of aliphatic carboxylic acids is 1. The van der Waals surface area contributed by atoms with Crippen LogP contribution in [-0.2, 0) is 4.79 Å². The van der Waals surface area contributed by atoms with Crippen molar-refractivity contribution in [2.24, 2.45) is 0 Å². The Kier molecular flexibility index (Phi) is 5.82. The molecule has 0 aliphatic rings. The zero-order valence-corrected chi connectivity index (χ0v) is 13.1. The smallest absolute Gasteiger partial charge is 0.344 e. The van der Waals surface area contributed by atoms with Gasteiger partial charge in [-0.2, -0.15) is 0 Å². The fourth-order valence-corrected chi connectivity index (χ4v) is 3.09. The number of carboxylic acid groups (broad SMARTS) is 1. The lowest BCUT2D eigenvalue weighted by atomic mass is 9.99. The molecule has 0 aliphatic heterocycles. The lowest BCUT2D eigenvalue weighted by molar-refractivity contribution is -0.144. The number of likely N-dealkylation sites (N-methyl/N-ethyl adjacent to an activating group) is 1. The molecule has 0 bridgehead atoms. The minimum absolute atomic E-state index is 0.0170. The van der Waals surface area contributed by atoms with Crippen molar-refractivity contribution in [1.82, 2.24) is 20.1 Å². The maximum Gasteiger partial charge on any atom is 0.344 e. The molecule has 0 saturated heterocycles. The Morgan fingerprint density at radius 3 is 2.75 bits per heavy atom. The number of H-pyrrole nitrogens is 1. The number of hydrogen-bond donors (Lipinski definition) is 3. The van der Waals surface area contributed by atoms with Crippen LogP contribution in [0.15, 0.2) is 9.95 Å². The minimum atomic E-state index is -0.957. The first-order valence-corrected chi connectivity index (χ1v) is 7.58. The first-order chi connectivity index (χ1) is 9.31. The summed E-state index contributed by atoms with van der Waals surface area (Å²) in [6.45, 7) is 7.94. The van der Waals surface area contributed by atoms with Gasteiger partial charge in [0.2, 0.25) is 0 Å². The third-order valence-corrected chi connectivity index (χ3v) is 4.02. The molecule has 1 heterocycles. The second-order valence-corrected chi connectivity index (χ2v) is 6.10. The van der Waals surface area contributed by atoms with Gasteiger partial charge in [0, 0.05) is 11.8 Å². The SMILES string of the molecule is CCNC(C)(CCSc1n[nH]c(=O)n1C(C)C)C(=O)O. The van der Waals surface area contributed by atoms with Gasteiger partial charge in [-0.3, -0.25) is 9.36 Å². The summed E-state index contributed by atoms with van der Waals surface area (Å²) in [5.41, 5.74) is -1.20. The number of nitrogens with zero attached hydrogens (tertiary/aromatic N) is 2. The van der Waals surface area contributed by atoms with E-state index in [4.69, 9.17) is 0 Å². The Balaban J connectivity index is 2.69. The second kappa shape index (κ2) is 6.94. The van der Waals surface area contributed by atoms with E-state index in [1.165, 1.54) is 11.8 Å². The summed E-state index contributed by atoms with van der Waals surface area (Å²) < 4.78 is 1.57. The molecule has 1 aromatic heterocycles. The first-order valence-electron chi connectivity index (χ1n) is 6.60. The highest BCUT2D eigenvalue weighted by molar-refractivity contribution is 7.99. The van der Waals surface area contributed by atoms with Crippen LogP contribution < -0.4 is 11.0 Å². The van der Waals surface area contributed by atoms with E-state index in [0.29, 0.717) is 23.9 Å². The molecule has 0 aliphatic carbocycles.